The summed E-state index contributed by atoms with van der Waals surface area (Å²) >= 11 is 0. The molecule has 0 radical (unpaired) electrons. The molecule has 0 atom stereocenters. The molecule has 1 heterocycles. The smallest absolute Gasteiger partial charge is 0.165 e. The molecule has 0 spiro atoms. The summed E-state index contributed by atoms with van der Waals surface area (Å²) in [5, 5.41) is 9.22. The first-order chi connectivity index (χ1) is 9.72. The van der Waals surface area contributed by atoms with E-state index in [2.05, 4.69) is 4.90 Å². The topological polar surface area (TPSA) is 32.7 Å². The molecule has 0 unspecified atom stereocenters. The summed E-state index contributed by atoms with van der Waals surface area (Å²) in [5.41, 5.74) is 1.99. The van der Waals surface area contributed by atoms with Crippen molar-refractivity contribution in [3.63, 3.8) is 0 Å². The van der Waals surface area contributed by atoms with Gasteiger partial charge in [-0.2, -0.15) is 0 Å². The van der Waals surface area contributed by atoms with Gasteiger partial charge in [0, 0.05) is 25.2 Å². The highest BCUT2D eigenvalue weighted by Crippen LogP contribution is 2.24. The molecule has 2 aromatic carbocycles. The van der Waals surface area contributed by atoms with Gasteiger partial charge in [0.2, 0.25) is 0 Å². The third-order valence-corrected chi connectivity index (χ3v) is 3.45. The van der Waals surface area contributed by atoms with Crippen molar-refractivity contribution in [1.29, 1.82) is 0 Å². The standard InChI is InChI=1S/C16H16FNO2/c17-14-9-12(5-6-15(14)19)10-18-7-8-20-16-4-2-1-3-13(16)11-18/h1-6,9,19H,7-8,10-11H2. The van der Waals surface area contributed by atoms with Crippen LogP contribution in [-0.4, -0.2) is 23.2 Å². The molecule has 1 aliphatic heterocycles. The Hall–Kier alpha value is -2.07. The molecule has 4 heteroatoms. The van der Waals surface area contributed by atoms with Crippen LogP contribution < -0.4 is 4.74 Å². The Bertz CT molecular complexity index is 615. The van der Waals surface area contributed by atoms with E-state index in [1.807, 2.05) is 24.3 Å². The first-order valence-electron chi connectivity index (χ1n) is 6.63. The SMILES string of the molecule is Oc1ccc(CN2CCOc3ccccc3C2)cc1F. The molecule has 0 saturated carbocycles. The summed E-state index contributed by atoms with van der Waals surface area (Å²) in [7, 11) is 0. The summed E-state index contributed by atoms with van der Waals surface area (Å²) in [5.74, 6) is 0.0409. The van der Waals surface area contributed by atoms with E-state index in [1.165, 1.54) is 12.1 Å². The van der Waals surface area contributed by atoms with Gasteiger partial charge in [0.05, 0.1) is 0 Å². The fourth-order valence-electron chi connectivity index (χ4n) is 2.42. The van der Waals surface area contributed by atoms with E-state index in [9.17, 15) is 9.50 Å². The molecule has 0 aliphatic carbocycles. The van der Waals surface area contributed by atoms with Crippen LogP contribution in [-0.2, 0) is 13.1 Å². The van der Waals surface area contributed by atoms with E-state index in [4.69, 9.17) is 4.74 Å². The van der Waals surface area contributed by atoms with Crippen molar-refractivity contribution in [2.45, 2.75) is 13.1 Å². The Morgan fingerprint density at radius 2 is 2.05 bits per heavy atom. The number of fused-ring (bicyclic) bond motifs is 1. The minimum atomic E-state index is -0.575. The molecule has 1 N–H and O–H groups in total. The molecule has 104 valence electrons. The zero-order chi connectivity index (χ0) is 13.9. The van der Waals surface area contributed by atoms with Crippen molar-refractivity contribution in [2.24, 2.45) is 0 Å². The number of phenols is 1. The van der Waals surface area contributed by atoms with Crippen LogP contribution in [0.3, 0.4) is 0 Å². The molecular formula is C16H16FNO2. The maximum absolute atomic E-state index is 13.4. The van der Waals surface area contributed by atoms with E-state index in [0.29, 0.717) is 13.2 Å². The quantitative estimate of drug-likeness (QED) is 0.913. The number of halogens is 1. The lowest BCUT2D eigenvalue weighted by atomic mass is 10.1. The van der Waals surface area contributed by atoms with Gasteiger partial charge in [-0.1, -0.05) is 24.3 Å². The highest BCUT2D eigenvalue weighted by molar-refractivity contribution is 5.34. The minimum absolute atomic E-state index is 0.307. The Kier molecular flexibility index (Phi) is 3.56. The molecule has 0 bridgehead atoms. The van der Waals surface area contributed by atoms with Crippen LogP contribution >= 0.6 is 0 Å². The molecule has 3 nitrogen and oxygen atoms in total. The lowest BCUT2D eigenvalue weighted by Gasteiger charge is -2.19. The van der Waals surface area contributed by atoms with Gasteiger partial charge in [-0.3, -0.25) is 4.90 Å². The Balaban J connectivity index is 1.76. The maximum Gasteiger partial charge on any atom is 0.165 e. The number of aromatic hydroxyl groups is 1. The number of nitrogens with zero attached hydrogens (tertiary/aromatic N) is 1. The van der Waals surface area contributed by atoms with Crippen molar-refractivity contribution < 1.29 is 14.2 Å². The summed E-state index contributed by atoms with van der Waals surface area (Å²) in [6.45, 7) is 2.82. The first-order valence-corrected chi connectivity index (χ1v) is 6.63. The third kappa shape index (κ3) is 2.75. The number of hydrogen-bond donors (Lipinski definition) is 1. The molecule has 0 aromatic heterocycles. The largest absolute Gasteiger partial charge is 0.505 e. The minimum Gasteiger partial charge on any atom is -0.505 e. The van der Waals surface area contributed by atoms with E-state index in [-0.39, 0.29) is 5.75 Å². The molecule has 0 amide bonds. The number of rotatable bonds is 2. The Morgan fingerprint density at radius 3 is 2.90 bits per heavy atom. The second-order valence-electron chi connectivity index (χ2n) is 4.95. The van der Waals surface area contributed by atoms with Gasteiger partial charge in [-0.25, -0.2) is 4.39 Å². The lowest BCUT2D eigenvalue weighted by Crippen LogP contribution is -2.25. The molecular weight excluding hydrogens is 257 g/mol. The van der Waals surface area contributed by atoms with Crippen LogP contribution in [0.25, 0.3) is 0 Å². The van der Waals surface area contributed by atoms with Gasteiger partial charge in [0.1, 0.15) is 12.4 Å². The number of phenolic OH excluding ortho intramolecular Hbond substituents is 1. The Labute approximate surface area is 117 Å². The lowest BCUT2D eigenvalue weighted by molar-refractivity contribution is 0.219. The van der Waals surface area contributed by atoms with Gasteiger partial charge in [-0.05, 0) is 23.8 Å². The van der Waals surface area contributed by atoms with Crippen LogP contribution in [0.5, 0.6) is 11.5 Å². The predicted octanol–water partition coefficient (Wildman–Crippen LogP) is 2.93. The zero-order valence-corrected chi connectivity index (χ0v) is 11.1. The van der Waals surface area contributed by atoms with Gasteiger partial charge < -0.3 is 9.84 Å². The highest BCUT2D eigenvalue weighted by atomic mass is 19.1. The second kappa shape index (κ2) is 5.51. The average Bonchev–Trinajstić information content (AvgIpc) is 2.64. The van der Waals surface area contributed by atoms with E-state index in [1.54, 1.807) is 6.07 Å². The van der Waals surface area contributed by atoms with E-state index in [0.717, 1.165) is 30.0 Å². The van der Waals surface area contributed by atoms with E-state index >= 15 is 0 Å². The van der Waals surface area contributed by atoms with Crippen LogP contribution in [0.15, 0.2) is 42.5 Å². The van der Waals surface area contributed by atoms with Crippen LogP contribution in [0, 0.1) is 5.82 Å². The number of hydrogen-bond acceptors (Lipinski definition) is 3. The normalized spacial score (nSPS) is 15.2. The van der Waals surface area contributed by atoms with Crippen molar-refractivity contribution in [3.8, 4) is 11.5 Å². The number of ether oxygens (including phenoxy) is 1. The maximum atomic E-state index is 13.4. The van der Waals surface area contributed by atoms with Crippen molar-refractivity contribution in [2.75, 3.05) is 13.2 Å². The summed E-state index contributed by atoms with van der Waals surface area (Å²) in [6, 6.07) is 12.5. The highest BCUT2D eigenvalue weighted by Gasteiger charge is 2.15. The first kappa shape index (κ1) is 12.9. The molecule has 2 aromatic rings. The molecule has 0 fully saturated rings. The molecule has 0 saturated heterocycles. The van der Waals surface area contributed by atoms with Gasteiger partial charge >= 0.3 is 0 Å². The monoisotopic (exact) mass is 273 g/mol. The van der Waals surface area contributed by atoms with Gasteiger partial charge in [0.15, 0.2) is 11.6 Å². The predicted molar refractivity (Wildman–Crippen MR) is 74.1 cm³/mol. The van der Waals surface area contributed by atoms with Crippen LogP contribution in [0.1, 0.15) is 11.1 Å². The third-order valence-electron chi connectivity index (χ3n) is 3.45. The molecule has 20 heavy (non-hydrogen) atoms. The summed E-state index contributed by atoms with van der Waals surface area (Å²) in [6.07, 6.45) is 0. The zero-order valence-electron chi connectivity index (χ0n) is 11.1. The van der Waals surface area contributed by atoms with Crippen LogP contribution in [0.2, 0.25) is 0 Å². The molecule has 3 rings (SSSR count). The number of para-hydroxylation sites is 1. The van der Waals surface area contributed by atoms with Gasteiger partial charge in [0.25, 0.3) is 0 Å². The molecule has 1 aliphatic rings. The van der Waals surface area contributed by atoms with Crippen molar-refractivity contribution in [1.82, 2.24) is 4.90 Å². The average molecular weight is 273 g/mol. The summed E-state index contributed by atoms with van der Waals surface area (Å²) in [4.78, 5) is 2.21. The number of benzene rings is 2. The van der Waals surface area contributed by atoms with E-state index < -0.39 is 5.82 Å². The van der Waals surface area contributed by atoms with Gasteiger partial charge in [-0.15, -0.1) is 0 Å². The van der Waals surface area contributed by atoms with Crippen LogP contribution in [0.4, 0.5) is 4.39 Å². The van der Waals surface area contributed by atoms with Crippen molar-refractivity contribution >= 4 is 0 Å². The van der Waals surface area contributed by atoms with Crippen molar-refractivity contribution in [3.05, 3.63) is 59.4 Å². The fraction of sp³-hybridized carbons (Fsp3) is 0.250. The summed E-state index contributed by atoms with van der Waals surface area (Å²) < 4.78 is 19.1. The Morgan fingerprint density at radius 1 is 1.20 bits per heavy atom. The second-order valence-corrected chi connectivity index (χ2v) is 4.95. The fourth-order valence-corrected chi connectivity index (χ4v) is 2.42.